The molecule has 1 atom stereocenters. The lowest BCUT2D eigenvalue weighted by Crippen LogP contribution is -2.53. The quantitative estimate of drug-likeness (QED) is 0.433. The van der Waals surface area contributed by atoms with E-state index >= 15 is 0 Å². The summed E-state index contributed by atoms with van der Waals surface area (Å²) >= 11 is 0. The zero-order valence-electron chi connectivity index (χ0n) is 18.0. The third-order valence-corrected chi connectivity index (χ3v) is 5.60. The van der Waals surface area contributed by atoms with Crippen LogP contribution in [0.4, 0.5) is 0 Å². The smallest absolute Gasteiger partial charge is 0.360 e. The van der Waals surface area contributed by atoms with Gasteiger partial charge in [-0.15, -0.1) is 5.10 Å². The van der Waals surface area contributed by atoms with Crippen molar-refractivity contribution < 1.29 is 9.53 Å². The molecule has 6 nitrogen and oxygen atoms in total. The molecule has 0 aliphatic carbocycles. The van der Waals surface area contributed by atoms with Crippen molar-refractivity contribution in [3.05, 3.63) is 120 Å². The molecule has 0 aliphatic heterocycles. The van der Waals surface area contributed by atoms with Crippen molar-refractivity contribution in [1.82, 2.24) is 15.0 Å². The number of carbonyl (C=O) groups excluding carboxylic acids is 1. The van der Waals surface area contributed by atoms with E-state index in [0.717, 1.165) is 16.7 Å². The first-order valence-electron chi connectivity index (χ1n) is 10.7. The van der Waals surface area contributed by atoms with Gasteiger partial charge in [-0.3, -0.25) is 0 Å². The molecule has 0 radical (unpaired) electrons. The van der Waals surface area contributed by atoms with Crippen LogP contribution in [0.15, 0.2) is 97.2 Å². The van der Waals surface area contributed by atoms with Gasteiger partial charge in [0.15, 0.2) is 5.69 Å². The van der Waals surface area contributed by atoms with Crippen LogP contribution in [-0.2, 0) is 16.7 Å². The maximum Gasteiger partial charge on any atom is 0.360 e. The largest absolute Gasteiger partial charge is 0.461 e. The van der Waals surface area contributed by atoms with Crippen molar-refractivity contribution in [2.75, 3.05) is 6.61 Å². The van der Waals surface area contributed by atoms with Gasteiger partial charge in [0.1, 0.15) is 5.54 Å². The van der Waals surface area contributed by atoms with Crippen molar-refractivity contribution in [1.29, 1.82) is 0 Å². The van der Waals surface area contributed by atoms with Crippen molar-refractivity contribution in [3.63, 3.8) is 0 Å². The molecule has 162 valence electrons. The Morgan fingerprint density at radius 2 is 1.47 bits per heavy atom. The summed E-state index contributed by atoms with van der Waals surface area (Å²) in [7, 11) is 0. The number of hydrogen-bond acceptors (Lipinski definition) is 5. The molecule has 32 heavy (non-hydrogen) atoms. The van der Waals surface area contributed by atoms with Crippen LogP contribution in [0.3, 0.4) is 0 Å². The Labute approximate surface area is 187 Å². The Bertz CT molecular complexity index is 1100. The zero-order chi connectivity index (χ0) is 22.4. The highest BCUT2D eigenvalue weighted by Crippen LogP contribution is 2.37. The molecule has 2 N–H and O–H groups in total. The minimum absolute atomic E-state index is 0.148. The fourth-order valence-electron chi connectivity index (χ4n) is 4.16. The normalized spacial score (nSPS) is 12.3. The minimum Gasteiger partial charge on any atom is -0.461 e. The predicted octanol–water partition coefficient (Wildman–Crippen LogP) is 3.82. The van der Waals surface area contributed by atoms with Gasteiger partial charge >= 0.3 is 5.97 Å². The minimum atomic E-state index is -0.893. The number of rotatable bonds is 8. The van der Waals surface area contributed by atoms with Crippen molar-refractivity contribution in [2.24, 2.45) is 5.73 Å². The molecule has 0 saturated carbocycles. The SMILES string of the molecule is CCOC(=O)c1cn(C(c2ccccc2)(c2ccccc2)[C@@H](N)Cc2ccccc2)nn1. The monoisotopic (exact) mass is 426 g/mol. The molecule has 0 fully saturated rings. The number of carbonyl (C=O) groups is 1. The number of ether oxygens (including phenoxy) is 1. The molecule has 0 amide bonds. The third kappa shape index (κ3) is 4.05. The fourth-order valence-corrected chi connectivity index (χ4v) is 4.16. The van der Waals surface area contributed by atoms with Crippen LogP contribution in [0.1, 0.15) is 34.1 Å². The lowest BCUT2D eigenvalue weighted by Gasteiger charge is -2.40. The Morgan fingerprint density at radius 1 is 0.938 bits per heavy atom. The highest BCUT2D eigenvalue weighted by molar-refractivity contribution is 5.86. The van der Waals surface area contributed by atoms with Crippen LogP contribution < -0.4 is 5.73 Å². The number of nitrogens with two attached hydrogens (primary N) is 1. The van der Waals surface area contributed by atoms with Gasteiger partial charge in [-0.05, 0) is 30.0 Å². The lowest BCUT2D eigenvalue weighted by atomic mass is 9.75. The van der Waals surface area contributed by atoms with Gasteiger partial charge in [0, 0.05) is 6.04 Å². The van der Waals surface area contributed by atoms with Crippen molar-refractivity contribution in [2.45, 2.75) is 24.9 Å². The second-order valence-corrected chi connectivity index (χ2v) is 7.56. The van der Waals surface area contributed by atoms with E-state index in [1.807, 2.05) is 78.9 Å². The van der Waals surface area contributed by atoms with E-state index in [0.29, 0.717) is 6.42 Å². The molecule has 0 aliphatic rings. The molecule has 1 aromatic heterocycles. The van der Waals surface area contributed by atoms with Crippen molar-refractivity contribution >= 4 is 5.97 Å². The molecule has 0 bridgehead atoms. The maximum absolute atomic E-state index is 12.3. The standard InChI is InChI=1S/C26H26N4O2/c1-2-32-25(31)23-19-30(29-28-23)26(21-14-8-4-9-15-21,22-16-10-5-11-17-22)24(27)18-20-12-6-3-7-13-20/h3-17,19,24H,2,18,27H2,1H3/t24-/m0/s1. The number of esters is 1. The second kappa shape index (κ2) is 9.58. The first-order valence-corrected chi connectivity index (χ1v) is 10.7. The highest BCUT2D eigenvalue weighted by Gasteiger charge is 2.43. The number of nitrogens with zero attached hydrogens (tertiary/aromatic N) is 3. The Kier molecular flexibility index (Phi) is 6.42. The molecule has 4 rings (SSSR count). The van der Waals surface area contributed by atoms with Gasteiger partial charge in [0.05, 0.1) is 12.8 Å². The Hall–Kier alpha value is -3.77. The van der Waals surface area contributed by atoms with E-state index in [1.165, 1.54) is 0 Å². The average Bonchev–Trinajstić information content (AvgIpc) is 3.32. The van der Waals surface area contributed by atoms with Gasteiger partial charge in [-0.1, -0.05) is 96.2 Å². The van der Waals surface area contributed by atoms with Crippen LogP contribution in [-0.4, -0.2) is 33.6 Å². The van der Waals surface area contributed by atoms with Crippen LogP contribution in [0.5, 0.6) is 0 Å². The first-order chi connectivity index (χ1) is 15.7. The predicted molar refractivity (Wildman–Crippen MR) is 123 cm³/mol. The molecule has 3 aromatic carbocycles. The summed E-state index contributed by atoms with van der Waals surface area (Å²) in [5.41, 5.74) is 9.30. The highest BCUT2D eigenvalue weighted by atomic mass is 16.5. The third-order valence-electron chi connectivity index (χ3n) is 5.60. The summed E-state index contributed by atoms with van der Waals surface area (Å²) in [6.07, 6.45) is 2.22. The molecule has 6 heteroatoms. The van der Waals surface area contributed by atoms with E-state index in [1.54, 1.807) is 17.8 Å². The maximum atomic E-state index is 12.3. The van der Waals surface area contributed by atoms with E-state index in [2.05, 4.69) is 22.4 Å². The number of hydrogen-bond donors (Lipinski definition) is 1. The van der Waals surface area contributed by atoms with Gasteiger partial charge in [-0.2, -0.15) is 0 Å². The second-order valence-electron chi connectivity index (χ2n) is 7.56. The van der Waals surface area contributed by atoms with Gasteiger partial charge < -0.3 is 10.5 Å². The van der Waals surface area contributed by atoms with Crippen LogP contribution >= 0.6 is 0 Å². The van der Waals surface area contributed by atoms with E-state index < -0.39 is 17.6 Å². The summed E-state index contributed by atoms with van der Waals surface area (Å²) in [4.78, 5) is 12.3. The fraction of sp³-hybridized carbons (Fsp3) is 0.192. The first kappa shape index (κ1) is 21.5. The number of aromatic nitrogens is 3. The molecular formula is C26H26N4O2. The molecule has 0 unspecified atom stereocenters. The van der Waals surface area contributed by atoms with E-state index in [-0.39, 0.29) is 12.3 Å². The van der Waals surface area contributed by atoms with Gasteiger partial charge in [-0.25, -0.2) is 9.48 Å². The van der Waals surface area contributed by atoms with Crippen LogP contribution in [0.2, 0.25) is 0 Å². The van der Waals surface area contributed by atoms with Crippen molar-refractivity contribution in [3.8, 4) is 0 Å². The molecule has 4 aromatic rings. The van der Waals surface area contributed by atoms with Crippen LogP contribution in [0.25, 0.3) is 0 Å². The summed E-state index contributed by atoms with van der Waals surface area (Å²) in [5.74, 6) is -0.509. The topological polar surface area (TPSA) is 83.0 Å². The van der Waals surface area contributed by atoms with E-state index in [9.17, 15) is 4.79 Å². The average molecular weight is 427 g/mol. The zero-order valence-corrected chi connectivity index (χ0v) is 18.0. The molecule has 0 saturated heterocycles. The summed E-state index contributed by atoms with van der Waals surface area (Å²) in [5, 5.41) is 8.52. The number of benzene rings is 3. The van der Waals surface area contributed by atoms with Gasteiger partial charge in [0.25, 0.3) is 0 Å². The van der Waals surface area contributed by atoms with E-state index in [4.69, 9.17) is 10.5 Å². The Morgan fingerprint density at radius 3 is 2.00 bits per heavy atom. The summed E-state index contributed by atoms with van der Waals surface area (Å²) in [6.45, 7) is 2.03. The van der Waals surface area contributed by atoms with Crippen LogP contribution in [0, 0.1) is 0 Å². The lowest BCUT2D eigenvalue weighted by molar-refractivity contribution is 0.0519. The van der Waals surface area contributed by atoms with Gasteiger partial charge in [0.2, 0.25) is 0 Å². The Balaban J connectivity index is 1.92. The summed E-state index contributed by atoms with van der Waals surface area (Å²) < 4.78 is 6.84. The molecular weight excluding hydrogens is 400 g/mol. The molecule has 1 heterocycles. The molecule has 0 spiro atoms. The summed E-state index contributed by atoms with van der Waals surface area (Å²) in [6, 6.07) is 29.7.